The van der Waals surface area contributed by atoms with Crippen LogP contribution in [0.25, 0.3) is 0 Å². The number of thiophene rings is 1. The third-order valence-electron chi connectivity index (χ3n) is 2.19. The second kappa shape index (κ2) is 5.54. The summed E-state index contributed by atoms with van der Waals surface area (Å²) in [5.74, 6) is 0. The van der Waals surface area contributed by atoms with Crippen LogP contribution in [-0.4, -0.2) is 0 Å². The summed E-state index contributed by atoms with van der Waals surface area (Å²) < 4.78 is 0.954. The van der Waals surface area contributed by atoms with Crippen LogP contribution in [0.1, 0.15) is 10.9 Å². The van der Waals surface area contributed by atoms with Gasteiger partial charge in [0.2, 0.25) is 0 Å². The van der Waals surface area contributed by atoms with E-state index in [2.05, 4.69) is 27.3 Å². The Labute approximate surface area is 117 Å². The van der Waals surface area contributed by atoms with Gasteiger partial charge in [-0.3, -0.25) is 0 Å². The Bertz CT molecular complexity index is 544. The van der Waals surface area contributed by atoms with Crippen LogP contribution in [0.3, 0.4) is 0 Å². The van der Waals surface area contributed by atoms with Crippen molar-refractivity contribution in [2.45, 2.75) is 6.04 Å². The van der Waals surface area contributed by atoms with Crippen molar-refractivity contribution in [1.29, 1.82) is 5.26 Å². The standard InChI is InChI=1S/C12H8BrClN2S/c13-10-5-6-17-12(10)11(7-15)16-9-3-1-8(14)2-4-9/h1-6,11,16H. The molecule has 0 bridgehead atoms. The normalized spacial score (nSPS) is 11.8. The highest BCUT2D eigenvalue weighted by molar-refractivity contribution is 9.10. The van der Waals surface area contributed by atoms with Crippen LogP contribution >= 0.6 is 38.9 Å². The van der Waals surface area contributed by atoms with Crippen LogP contribution in [0.4, 0.5) is 5.69 Å². The molecule has 0 saturated heterocycles. The average Bonchev–Trinajstić information content (AvgIpc) is 2.75. The van der Waals surface area contributed by atoms with Crippen LogP contribution in [0.5, 0.6) is 0 Å². The Hall–Kier alpha value is -1.02. The summed E-state index contributed by atoms with van der Waals surface area (Å²) in [7, 11) is 0. The monoisotopic (exact) mass is 326 g/mol. The molecule has 0 aliphatic rings. The van der Waals surface area contributed by atoms with E-state index in [0.717, 1.165) is 15.0 Å². The van der Waals surface area contributed by atoms with Gasteiger partial charge in [-0.2, -0.15) is 5.26 Å². The average molecular weight is 328 g/mol. The number of rotatable bonds is 3. The van der Waals surface area contributed by atoms with Crippen molar-refractivity contribution < 1.29 is 0 Å². The number of hydrogen-bond donors (Lipinski definition) is 1. The molecule has 0 fully saturated rings. The first kappa shape index (κ1) is 12.4. The van der Waals surface area contributed by atoms with E-state index in [0.29, 0.717) is 5.02 Å². The van der Waals surface area contributed by atoms with E-state index < -0.39 is 0 Å². The van der Waals surface area contributed by atoms with Crippen molar-refractivity contribution in [3.05, 3.63) is 50.1 Å². The first-order valence-electron chi connectivity index (χ1n) is 4.85. The third kappa shape index (κ3) is 3.01. The molecule has 5 heteroatoms. The lowest BCUT2D eigenvalue weighted by Gasteiger charge is -2.12. The van der Waals surface area contributed by atoms with Gasteiger partial charge in [-0.15, -0.1) is 11.3 Å². The second-order valence-electron chi connectivity index (χ2n) is 3.35. The van der Waals surface area contributed by atoms with Crippen molar-refractivity contribution in [2.24, 2.45) is 0 Å². The molecule has 1 aromatic heterocycles. The second-order valence-corrected chi connectivity index (χ2v) is 5.58. The third-order valence-corrected chi connectivity index (χ3v) is 4.38. The number of benzene rings is 1. The van der Waals surface area contributed by atoms with Gasteiger partial charge >= 0.3 is 0 Å². The number of anilines is 1. The number of halogens is 2. The molecule has 1 heterocycles. The SMILES string of the molecule is N#CC(Nc1ccc(Cl)cc1)c1sccc1Br. The zero-order chi connectivity index (χ0) is 12.3. The van der Waals surface area contributed by atoms with Crippen LogP contribution < -0.4 is 5.32 Å². The van der Waals surface area contributed by atoms with E-state index in [1.807, 2.05) is 23.6 Å². The molecule has 0 saturated carbocycles. The van der Waals surface area contributed by atoms with Gasteiger partial charge in [0.25, 0.3) is 0 Å². The molecule has 0 spiro atoms. The summed E-state index contributed by atoms with van der Waals surface area (Å²) in [6.07, 6.45) is 0. The van der Waals surface area contributed by atoms with Crippen LogP contribution in [0, 0.1) is 11.3 Å². The Morgan fingerprint density at radius 1 is 1.29 bits per heavy atom. The first-order chi connectivity index (χ1) is 8.20. The van der Waals surface area contributed by atoms with E-state index in [9.17, 15) is 5.26 Å². The van der Waals surface area contributed by atoms with Crippen molar-refractivity contribution in [1.82, 2.24) is 0 Å². The van der Waals surface area contributed by atoms with E-state index in [4.69, 9.17) is 11.6 Å². The molecular formula is C12H8BrClN2S. The number of nitrogens with zero attached hydrogens (tertiary/aromatic N) is 1. The van der Waals surface area contributed by atoms with Crippen LogP contribution in [-0.2, 0) is 0 Å². The van der Waals surface area contributed by atoms with Gasteiger partial charge < -0.3 is 5.32 Å². The fourth-order valence-corrected chi connectivity index (χ4v) is 3.10. The summed E-state index contributed by atoms with van der Waals surface area (Å²) in [6, 6.07) is 11.1. The topological polar surface area (TPSA) is 35.8 Å². The molecular weight excluding hydrogens is 320 g/mol. The molecule has 0 radical (unpaired) electrons. The molecule has 2 rings (SSSR count). The molecule has 1 N–H and O–H groups in total. The van der Waals surface area contributed by atoms with E-state index in [1.54, 1.807) is 23.5 Å². The summed E-state index contributed by atoms with van der Waals surface area (Å²) in [4.78, 5) is 0.974. The molecule has 17 heavy (non-hydrogen) atoms. The molecule has 1 unspecified atom stereocenters. The molecule has 0 amide bonds. The molecule has 1 aromatic carbocycles. The quantitative estimate of drug-likeness (QED) is 0.875. The Kier molecular flexibility index (Phi) is 4.06. The van der Waals surface area contributed by atoms with Crippen LogP contribution in [0.15, 0.2) is 40.2 Å². The van der Waals surface area contributed by atoms with Crippen molar-refractivity contribution in [2.75, 3.05) is 5.32 Å². The summed E-state index contributed by atoms with van der Waals surface area (Å²) in [5, 5.41) is 15.0. The Morgan fingerprint density at radius 2 is 2.00 bits per heavy atom. The van der Waals surface area contributed by atoms with Gasteiger partial charge in [-0.05, 0) is 51.6 Å². The van der Waals surface area contributed by atoms with E-state index in [1.165, 1.54) is 0 Å². The van der Waals surface area contributed by atoms with Gasteiger partial charge in [0.15, 0.2) is 6.04 Å². The molecule has 0 aliphatic carbocycles. The number of nitriles is 1. The smallest absolute Gasteiger partial charge is 0.150 e. The first-order valence-corrected chi connectivity index (χ1v) is 6.90. The van der Waals surface area contributed by atoms with Crippen molar-refractivity contribution in [3.63, 3.8) is 0 Å². The molecule has 2 aromatic rings. The highest BCUT2D eigenvalue weighted by Crippen LogP contribution is 2.31. The minimum atomic E-state index is -0.356. The lowest BCUT2D eigenvalue weighted by atomic mass is 10.2. The van der Waals surface area contributed by atoms with Gasteiger partial charge in [-0.25, -0.2) is 0 Å². The molecule has 2 nitrogen and oxygen atoms in total. The largest absolute Gasteiger partial charge is 0.366 e. The number of nitrogens with one attached hydrogen (secondary N) is 1. The predicted octanol–water partition coefficient (Wildman–Crippen LogP) is 4.84. The van der Waals surface area contributed by atoms with Gasteiger partial charge in [0.05, 0.1) is 10.9 Å². The van der Waals surface area contributed by atoms with Gasteiger partial charge in [0, 0.05) is 15.2 Å². The Morgan fingerprint density at radius 3 is 2.53 bits per heavy atom. The maximum Gasteiger partial charge on any atom is 0.150 e. The van der Waals surface area contributed by atoms with Gasteiger partial charge in [0.1, 0.15) is 0 Å². The fourth-order valence-electron chi connectivity index (χ4n) is 1.38. The van der Waals surface area contributed by atoms with E-state index in [-0.39, 0.29) is 6.04 Å². The van der Waals surface area contributed by atoms with Gasteiger partial charge in [-0.1, -0.05) is 11.6 Å². The number of hydrogen-bond acceptors (Lipinski definition) is 3. The fraction of sp³-hybridized carbons (Fsp3) is 0.0833. The zero-order valence-corrected chi connectivity index (χ0v) is 11.8. The highest BCUT2D eigenvalue weighted by atomic mass is 79.9. The minimum Gasteiger partial charge on any atom is -0.366 e. The maximum atomic E-state index is 9.19. The molecule has 0 aliphatic heterocycles. The Balaban J connectivity index is 2.19. The minimum absolute atomic E-state index is 0.356. The summed E-state index contributed by atoms with van der Waals surface area (Å²) >= 11 is 10.8. The zero-order valence-electron chi connectivity index (χ0n) is 8.65. The van der Waals surface area contributed by atoms with E-state index >= 15 is 0 Å². The maximum absolute atomic E-state index is 9.19. The van der Waals surface area contributed by atoms with Crippen molar-refractivity contribution in [3.8, 4) is 6.07 Å². The summed E-state index contributed by atoms with van der Waals surface area (Å²) in [6.45, 7) is 0. The molecule has 1 atom stereocenters. The predicted molar refractivity (Wildman–Crippen MR) is 75.4 cm³/mol. The summed E-state index contributed by atoms with van der Waals surface area (Å²) in [5.41, 5.74) is 0.876. The van der Waals surface area contributed by atoms with Crippen LogP contribution in [0.2, 0.25) is 5.02 Å². The molecule has 86 valence electrons. The lowest BCUT2D eigenvalue weighted by Crippen LogP contribution is -2.07. The lowest BCUT2D eigenvalue weighted by molar-refractivity contribution is 1.02. The van der Waals surface area contributed by atoms with Crippen molar-refractivity contribution >= 4 is 44.6 Å². The highest BCUT2D eigenvalue weighted by Gasteiger charge is 2.14.